The first-order chi connectivity index (χ1) is 7.16. The fraction of sp³-hybridized carbons (Fsp3) is 0.538. The van der Waals surface area contributed by atoms with E-state index in [1.165, 1.54) is 18.4 Å². The molecule has 0 radical (unpaired) electrons. The minimum Gasteiger partial charge on any atom is -0.310 e. The smallest absolute Gasteiger partial charge is 0.0438 e. The molecule has 1 N–H and O–H groups in total. The fourth-order valence-electron chi connectivity index (χ4n) is 1.79. The van der Waals surface area contributed by atoms with Gasteiger partial charge in [0.1, 0.15) is 0 Å². The lowest BCUT2D eigenvalue weighted by atomic mass is 10.1. The number of rotatable bonds is 4. The van der Waals surface area contributed by atoms with Crippen LogP contribution in [0.1, 0.15) is 30.9 Å². The molecule has 1 unspecified atom stereocenters. The van der Waals surface area contributed by atoms with Gasteiger partial charge in [0.25, 0.3) is 0 Å². The van der Waals surface area contributed by atoms with Gasteiger partial charge >= 0.3 is 0 Å². The van der Waals surface area contributed by atoms with Crippen molar-refractivity contribution < 1.29 is 0 Å². The molecule has 2 rings (SSSR count). The van der Waals surface area contributed by atoms with Gasteiger partial charge in [0.15, 0.2) is 0 Å². The van der Waals surface area contributed by atoms with Crippen molar-refractivity contribution in [1.82, 2.24) is 5.32 Å². The van der Waals surface area contributed by atoms with Crippen molar-refractivity contribution in [3.05, 3.63) is 34.3 Å². The number of benzene rings is 1. The van der Waals surface area contributed by atoms with Gasteiger partial charge in [0.2, 0.25) is 0 Å². The van der Waals surface area contributed by atoms with Crippen LogP contribution < -0.4 is 5.32 Å². The van der Waals surface area contributed by atoms with Crippen molar-refractivity contribution in [3.63, 3.8) is 0 Å². The zero-order valence-corrected chi connectivity index (χ0v) is 10.1. The lowest BCUT2D eigenvalue weighted by Crippen LogP contribution is -2.27. The van der Waals surface area contributed by atoms with Crippen molar-refractivity contribution in [2.75, 3.05) is 0 Å². The summed E-state index contributed by atoms with van der Waals surface area (Å²) in [6.07, 6.45) is 2.78. The summed E-state index contributed by atoms with van der Waals surface area (Å²) in [5, 5.41) is 4.42. The largest absolute Gasteiger partial charge is 0.310 e. The standard InChI is InChI=1S/C13H18ClN/c1-9-3-4-11(7-13(9)14)8-15-10(2)12-5-6-12/h3-4,7,10,12,15H,5-6,8H2,1-2H3. The minimum atomic E-state index is 0.644. The highest BCUT2D eigenvalue weighted by molar-refractivity contribution is 6.31. The second-order valence-corrected chi connectivity index (χ2v) is 5.00. The van der Waals surface area contributed by atoms with Crippen LogP contribution in [-0.2, 0) is 6.54 Å². The van der Waals surface area contributed by atoms with E-state index in [0.29, 0.717) is 6.04 Å². The second-order valence-electron chi connectivity index (χ2n) is 4.59. The van der Waals surface area contributed by atoms with Crippen LogP contribution in [-0.4, -0.2) is 6.04 Å². The molecule has 1 atom stereocenters. The van der Waals surface area contributed by atoms with Crippen LogP contribution in [0.15, 0.2) is 18.2 Å². The maximum absolute atomic E-state index is 6.08. The molecule has 1 aliphatic rings. The maximum atomic E-state index is 6.08. The highest BCUT2D eigenvalue weighted by Crippen LogP contribution is 2.32. The van der Waals surface area contributed by atoms with Crippen molar-refractivity contribution in [2.24, 2.45) is 5.92 Å². The number of aryl methyl sites for hydroxylation is 1. The molecule has 1 aromatic rings. The van der Waals surface area contributed by atoms with Crippen molar-refractivity contribution in [3.8, 4) is 0 Å². The van der Waals surface area contributed by atoms with Gasteiger partial charge in [-0.25, -0.2) is 0 Å². The van der Waals surface area contributed by atoms with Crippen LogP contribution in [0.5, 0.6) is 0 Å². The van der Waals surface area contributed by atoms with Gasteiger partial charge in [-0.1, -0.05) is 23.7 Å². The molecule has 2 heteroatoms. The molecule has 0 spiro atoms. The number of hydrogen-bond acceptors (Lipinski definition) is 1. The lowest BCUT2D eigenvalue weighted by Gasteiger charge is -2.13. The Hall–Kier alpha value is -0.530. The van der Waals surface area contributed by atoms with Crippen molar-refractivity contribution >= 4 is 11.6 Å². The molecule has 0 heterocycles. The average Bonchev–Trinajstić information content (AvgIpc) is 3.03. The normalized spacial score (nSPS) is 17.8. The van der Waals surface area contributed by atoms with E-state index in [1.807, 2.05) is 6.92 Å². The van der Waals surface area contributed by atoms with Crippen LogP contribution in [0, 0.1) is 12.8 Å². The second kappa shape index (κ2) is 4.54. The molecular weight excluding hydrogens is 206 g/mol. The molecule has 0 aromatic heterocycles. The summed E-state index contributed by atoms with van der Waals surface area (Å²) in [5.74, 6) is 0.908. The van der Waals surface area contributed by atoms with Gasteiger partial charge in [0.05, 0.1) is 0 Å². The Balaban J connectivity index is 1.89. The number of halogens is 1. The van der Waals surface area contributed by atoms with E-state index in [-0.39, 0.29) is 0 Å². The summed E-state index contributed by atoms with van der Waals surface area (Å²) in [6.45, 7) is 5.23. The molecule has 1 saturated carbocycles. The zero-order valence-electron chi connectivity index (χ0n) is 9.39. The van der Waals surface area contributed by atoms with E-state index in [2.05, 4.69) is 30.4 Å². The van der Waals surface area contributed by atoms with E-state index in [1.54, 1.807) is 0 Å². The monoisotopic (exact) mass is 223 g/mol. The molecule has 0 saturated heterocycles. The molecule has 1 nitrogen and oxygen atoms in total. The first kappa shape index (κ1) is 11.0. The van der Waals surface area contributed by atoms with Gasteiger partial charge < -0.3 is 5.32 Å². The lowest BCUT2D eigenvalue weighted by molar-refractivity contribution is 0.496. The summed E-state index contributed by atoms with van der Waals surface area (Å²) in [5.41, 5.74) is 2.42. The Bertz CT molecular complexity index is 344. The predicted molar refractivity (Wildman–Crippen MR) is 65.2 cm³/mol. The van der Waals surface area contributed by atoms with Gasteiger partial charge in [-0.15, -0.1) is 0 Å². The van der Waals surface area contributed by atoms with E-state index in [0.717, 1.165) is 23.0 Å². The number of nitrogens with one attached hydrogen (secondary N) is 1. The third kappa shape index (κ3) is 2.96. The van der Waals surface area contributed by atoms with Gasteiger partial charge in [-0.3, -0.25) is 0 Å². The van der Waals surface area contributed by atoms with Crippen LogP contribution >= 0.6 is 11.6 Å². The summed E-state index contributed by atoms with van der Waals surface area (Å²) in [4.78, 5) is 0. The maximum Gasteiger partial charge on any atom is 0.0438 e. The summed E-state index contributed by atoms with van der Waals surface area (Å²) < 4.78 is 0. The van der Waals surface area contributed by atoms with Crippen LogP contribution in [0.3, 0.4) is 0 Å². The van der Waals surface area contributed by atoms with Gasteiger partial charge in [-0.2, -0.15) is 0 Å². The van der Waals surface area contributed by atoms with E-state index in [4.69, 9.17) is 11.6 Å². The quantitative estimate of drug-likeness (QED) is 0.824. The highest BCUT2D eigenvalue weighted by atomic mass is 35.5. The number of hydrogen-bond donors (Lipinski definition) is 1. The topological polar surface area (TPSA) is 12.0 Å². The molecule has 0 bridgehead atoms. The molecule has 1 aliphatic carbocycles. The minimum absolute atomic E-state index is 0.644. The third-order valence-electron chi connectivity index (χ3n) is 3.19. The zero-order chi connectivity index (χ0) is 10.8. The predicted octanol–water partition coefficient (Wildman–Crippen LogP) is 3.54. The van der Waals surface area contributed by atoms with Crippen molar-refractivity contribution in [1.29, 1.82) is 0 Å². The molecule has 15 heavy (non-hydrogen) atoms. The first-order valence-electron chi connectivity index (χ1n) is 5.65. The highest BCUT2D eigenvalue weighted by Gasteiger charge is 2.27. The van der Waals surface area contributed by atoms with E-state index < -0.39 is 0 Å². The molecule has 0 aliphatic heterocycles. The molecular formula is C13H18ClN. The Morgan fingerprint density at radius 2 is 2.20 bits per heavy atom. The average molecular weight is 224 g/mol. The first-order valence-corrected chi connectivity index (χ1v) is 6.03. The van der Waals surface area contributed by atoms with E-state index >= 15 is 0 Å². The Labute approximate surface area is 96.8 Å². The van der Waals surface area contributed by atoms with Crippen LogP contribution in [0.4, 0.5) is 0 Å². The molecule has 1 aromatic carbocycles. The Kier molecular flexibility index (Phi) is 3.32. The summed E-state index contributed by atoms with van der Waals surface area (Å²) >= 11 is 6.08. The Morgan fingerprint density at radius 3 is 2.80 bits per heavy atom. The molecule has 0 amide bonds. The Morgan fingerprint density at radius 1 is 1.47 bits per heavy atom. The van der Waals surface area contributed by atoms with Crippen molar-refractivity contribution in [2.45, 2.75) is 39.3 Å². The fourth-order valence-corrected chi connectivity index (χ4v) is 1.99. The van der Waals surface area contributed by atoms with Gasteiger partial charge in [0, 0.05) is 17.6 Å². The third-order valence-corrected chi connectivity index (χ3v) is 3.60. The molecule has 82 valence electrons. The van der Waals surface area contributed by atoms with E-state index in [9.17, 15) is 0 Å². The van der Waals surface area contributed by atoms with Crippen LogP contribution in [0.2, 0.25) is 5.02 Å². The molecule has 1 fully saturated rings. The summed E-state index contributed by atoms with van der Waals surface area (Å²) in [7, 11) is 0. The summed E-state index contributed by atoms with van der Waals surface area (Å²) in [6, 6.07) is 6.93. The van der Waals surface area contributed by atoms with Crippen LogP contribution in [0.25, 0.3) is 0 Å². The SMILES string of the molecule is Cc1ccc(CNC(C)C2CC2)cc1Cl. The van der Waals surface area contributed by atoms with Gasteiger partial charge in [-0.05, 0) is 49.8 Å².